The number of likely N-dealkylation sites (tertiary alicyclic amines) is 1. The van der Waals surface area contributed by atoms with E-state index < -0.39 is 0 Å². The molecule has 0 radical (unpaired) electrons. The van der Waals surface area contributed by atoms with Gasteiger partial charge in [0.2, 0.25) is 5.95 Å². The number of urea groups is 1. The van der Waals surface area contributed by atoms with Crippen molar-refractivity contribution in [3.63, 3.8) is 0 Å². The highest BCUT2D eigenvalue weighted by Crippen LogP contribution is 2.23. The van der Waals surface area contributed by atoms with Crippen molar-refractivity contribution in [1.29, 1.82) is 0 Å². The number of anilines is 4. The first-order chi connectivity index (χ1) is 15.2. The summed E-state index contributed by atoms with van der Waals surface area (Å²) in [5, 5.41) is 9.47. The molecule has 2 amide bonds. The first-order valence-corrected chi connectivity index (χ1v) is 11.1. The molecule has 8 nitrogen and oxygen atoms in total. The van der Waals surface area contributed by atoms with Crippen molar-refractivity contribution in [3.05, 3.63) is 65.0 Å². The minimum atomic E-state index is -0.0612. The van der Waals surface area contributed by atoms with Gasteiger partial charge in [0.05, 0.1) is 4.47 Å². The molecule has 3 N–H and O–H groups in total. The third kappa shape index (κ3) is 5.91. The van der Waals surface area contributed by atoms with Crippen LogP contribution in [-0.4, -0.2) is 45.5 Å². The van der Waals surface area contributed by atoms with Crippen molar-refractivity contribution >= 4 is 45.1 Å². The average Bonchev–Trinajstić information content (AvgIpc) is 3.32. The van der Waals surface area contributed by atoms with Gasteiger partial charge in [0, 0.05) is 55.5 Å². The van der Waals surface area contributed by atoms with E-state index in [9.17, 15) is 4.79 Å². The highest BCUT2D eigenvalue weighted by atomic mass is 79.9. The zero-order valence-electron chi connectivity index (χ0n) is 17.0. The van der Waals surface area contributed by atoms with Crippen molar-refractivity contribution in [3.8, 4) is 0 Å². The van der Waals surface area contributed by atoms with Crippen molar-refractivity contribution in [2.45, 2.75) is 19.3 Å². The molecule has 0 unspecified atom stereocenters. The van der Waals surface area contributed by atoms with Crippen LogP contribution >= 0.6 is 15.9 Å². The number of hydrogen-bond donors (Lipinski definition) is 3. The predicted molar refractivity (Wildman–Crippen MR) is 126 cm³/mol. The number of nitrogens with one attached hydrogen (secondary N) is 3. The van der Waals surface area contributed by atoms with E-state index in [0.29, 0.717) is 18.3 Å². The van der Waals surface area contributed by atoms with Gasteiger partial charge in [-0.2, -0.15) is 4.98 Å². The lowest BCUT2D eigenvalue weighted by atomic mass is 10.3. The highest BCUT2D eigenvalue weighted by Gasteiger charge is 2.17. The van der Waals surface area contributed by atoms with Gasteiger partial charge < -0.3 is 20.9 Å². The highest BCUT2D eigenvalue weighted by molar-refractivity contribution is 9.10. The van der Waals surface area contributed by atoms with Crippen molar-refractivity contribution in [1.82, 2.24) is 19.9 Å². The fraction of sp³-hybridized carbons (Fsp3) is 0.273. The van der Waals surface area contributed by atoms with E-state index in [1.54, 1.807) is 12.4 Å². The zero-order chi connectivity index (χ0) is 21.5. The molecule has 0 bridgehead atoms. The molecule has 2 aromatic heterocycles. The molecule has 0 spiro atoms. The van der Waals surface area contributed by atoms with Crippen LogP contribution in [0.3, 0.4) is 0 Å². The van der Waals surface area contributed by atoms with Crippen LogP contribution in [0.2, 0.25) is 0 Å². The third-order valence-corrected chi connectivity index (χ3v) is 5.49. The van der Waals surface area contributed by atoms with Gasteiger partial charge in [-0.1, -0.05) is 12.1 Å². The van der Waals surface area contributed by atoms with Gasteiger partial charge in [-0.25, -0.2) is 9.78 Å². The summed E-state index contributed by atoms with van der Waals surface area (Å²) in [4.78, 5) is 27.4. The smallest absolute Gasteiger partial charge is 0.321 e. The van der Waals surface area contributed by atoms with E-state index in [2.05, 4.69) is 46.8 Å². The zero-order valence-corrected chi connectivity index (χ0v) is 18.6. The van der Waals surface area contributed by atoms with Crippen LogP contribution in [0.1, 0.15) is 18.5 Å². The predicted octanol–water partition coefficient (Wildman–Crippen LogP) is 4.66. The maximum absolute atomic E-state index is 12.3. The van der Waals surface area contributed by atoms with E-state index in [-0.39, 0.29) is 6.03 Å². The molecule has 1 aromatic carbocycles. The molecule has 3 aromatic rings. The number of amides is 2. The van der Waals surface area contributed by atoms with Gasteiger partial charge in [0.1, 0.15) is 5.82 Å². The number of hydrogen-bond acceptors (Lipinski definition) is 6. The molecule has 31 heavy (non-hydrogen) atoms. The lowest BCUT2D eigenvalue weighted by Crippen LogP contribution is -2.32. The quantitative estimate of drug-likeness (QED) is 0.454. The number of carbonyl (C=O) groups is 1. The second-order valence-electron chi connectivity index (χ2n) is 7.22. The van der Waals surface area contributed by atoms with Gasteiger partial charge in [-0.3, -0.25) is 4.98 Å². The van der Waals surface area contributed by atoms with E-state index in [1.807, 2.05) is 47.4 Å². The number of aromatic nitrogens is 3. The van der Waals surface area contributed by atoms with E-state index in [4.69, 9.17) is 0 Å². The summed E-state index contributed by atoms with van der Waals surface area (Å²) in [5.41, 5.74) is 2.54. The Morgan fingerprint density at radius 1 is 1.06 bits per heavy atom. The van der Waals surface area contributed by atoms with Gasteiger partial charge in [0.25, 0.3) is 0 Å². The minimum Gasteiger partial charge on any atom is -0.369 e. The molecule has 9 heteroatoms. The summed E-state index contributed by atoms with van der Waals surface area (Å²) in [6.45, 7) is 2.32. The van der Waals surface area contributed by atoms with Crippen LogP contribution in [0.25, 0.3) is 0 Å². The number of rotatable bonds is 7. The number of pyridine rings is 1. The number of halogens is 1. The lowest BCUT2D eigenvalue weighted by molar-refractivity contribution is 0.222. The third-order valence-electron chi connectivity index (χ3n) is 4.91. The Kier molecular flexibility index (Phi) is 6.93. The van der Waals surface area contributed by atoms with Crippen molar-refractivity contribution in [2.75, 3.05) is 35.6 Å². The molecule has 1 saturated heterocycles. The topological polar surface area (TPSA) is 95.1 Å². The molecule has 0 aliphatic carbocycles. The summed E-state index contributed by atoms with van der Waals surface area (Å²) >= 11 is 3.49. The maximum atomic E-state index is 12.3. The molecule has 0 atom stereocenters. The van der Waals surface area contributed by atoms with Crippen LogP contribution in [0.5, 0.6) is 0 Å². The SMILES string of the molecule is O=C(Nc1cccc(Nc2ncc(Br)c(NCCc3ccccn3)n2)c1)N1CCCC1. The van der Waals surface area contributed by atoms with Crippen LogP contribution in [-0.2, 0) is 6.42 Å². The van der Waals surface area contributed by atoms with E-state index in [0.717, 1.165) is 53.9 Å². The maximum Gasteiger partial charge on any atom is 0.321 e. The molecule has 4 rings (SSSR count). The Hall–Kier alpha value is -3.20. The summed E-state index contributed by atoms with van der Waals surface area (Å²) in [6, 6.07) is 13.3. The summed E-state index contributed by atoms with van der Waals surface area (Å²) in [6.07, 6.45) is 6.41. The number of nitrogens with zero attached hydrogens (tertiary/aromatic N) is 4. The Bertz CT molecular complexity index is 1030. The first kappa shape index (κ1) is 21.0. The summed E-state index contributed by atoms with van der Waals surface area (Å²) in [7, 11) is 0. The van der Waals surface area contributed by atoms with Gasteiger partial charge in [-0.15, -0.1) is 0 Å². The number of benzene rings is 1. The molecule has 1 fully saturated rings. The second kappa shape index (κ2) is 10.2. The summed E-state index contributed by atoms with van der Waals surface area (Å²) < 4.78 is 0.783. The Balaban J connectivity index is 1.37. The number of carbonyl (C=O) groups excluding carboxylic acids is 1. The van der Waals surface area contributed by atoms with E-state index >= 15 is 0 Å². The molecule has 160 valence electrons. The minimum absolute atomic E-state index is 0.0612. The Morgan fingerprint density at radius 3 is 2.71 bits per heavy atom. The first-order valence-electron chi connectivity index (χ1n) is 10.3. The molecule has 3 heterocycles. The Labute approximate surface area is 189 Å². The van der Waals surface area contributed by atoms with Crippen molar-refractivity contribution < 1.29 is 4.79 Å². The fourth-order valence-electron chi connectivity index (χ4n) is 3.33. The standard InChI is InChI=1S/C22H24BrN7O/c23-19-15-26-21(29-20(19)25-11-9-16-6-1-2-10-24-16)27-17-7-5-8-18(14-17)28-22(31)30-12-3-4-13-30/h1-2,5-8,10,14-15H,3-4,9,11-13H2,(H,28,31)(H2,25,26,27,29). The summed E-state index contributed by atoms with van der Waals surface area (Å²) in [5.74, 6) is 1.17. The molecule has 1 aliphatic heterocycles. The largest absolute Gasteiger partial charge is 0.369 e. The van der Waals surface area contributed by atoms with Crippen LogP contribution in [0, 0.1) is 0 Å². The van der Waals surface area contributed by atoms with Crippen molar-refractivity contribution in [2.24, 2.45) is 0 Å². The normalized spacial score (nSPS) is 13.1. The van der Waals surface area contributed by atoms with Crippen LogP contribution < -0.4 is 16.0 Å². The Morgan fingerprint density at radius 2 is 1.90 bits per heavy atom. The van der Waals surface area contributed by atoms with E-state index in [1.165, 1.54) is 0 Å². The lowest BCUT2D eigenvalue weighted by Gasteiger charge is -2.16. The van der Waals surface area contributed by atoms with Gasteiger partial charge in [-0.05, 0) is 59.1 Å². The van der Waals surface area contributed by atoms with Crippen LogP contribution in [0.15, 0.2) is 59.3 Å². The molecule has 1 aliphatic rings. The molecular formula is C22H24BrN7O. The van der Waals surface area contributed by atoms with Crippen LogP contribution in [0.4, 0.5) is 27.9 Å². The average molecular weight is 482 g/mol. The fourth-order valence-corrected chi connectivity index (χ4v) is 3.66. The monoisotopic (exact) mass is 481 g/mol. The molecule has 0 saturated carbocycles. The van der Waals surface area contributed by atoms with Gasteiger partial charge >= 0.3 is 6.03 Å². The molecular weight excluding hydrogens is 458 g/mol. The van der Waals surface area contributed by atoms with Gasteiger partial charge in [0.15, 0.2) is 0 Å². The second-order valence-corrected chi connectivity index (χ2v) is 8.07.